The molecule has 0 spiro atoms. The van der Waals surface area contributed by atoms with Gasteiger partial charge in [-0.2, -0.15) is 5.10 Å². The maximum atomic E-state index is 13.1. The van der Waals surface area contributed by atoms with Crippen molar-refractivity contribution in [1.82, 2.24) is 19.2 Å². The first-order chi connectivity index (χ1) is 14.9. The fourth-order valence-electron chi connectivity index (χ4n) is 4.06. The number of hydrogen-bond donors (Lipinski definition) is 0. The van der Waals surface area contributed by atoms with Crippen molar-refractivity contribution < 1.29 is 9.72 Å². The maximum absolute atomic E-state index is 13.1. The summed E-state index contributed by atoms with van der Waals surface area (Å²) in [6, 6.07) is 13.9. The molecule has 1 unspecified atom stereocenters. The number of carbonyl (C=O) groups excluding carboxylic acids is 1. The summed E-state index contributed by atoms with van der Waals surface area (Å²) < 4.78 is 2.90. The van der Waals surface area contributed by atoms with Crippen molar-refractivity contribution in [3.05, 3.63) is 86.1 Å². The van der Waals surface area contributed by atoms with Gasteiger partial charge in [0.25, 0.3) is 11.6 Å². The number of carbonyl (C=O) groups is 1. The number of para-hydroxylation sites is 1. The summed E-state index contributed by atoms with van der Waals surface area (Å²) in [4.78, 5) is 38.3. The van der Waals surface area contributed by atoms with Gasteiger partial charge in [-0.3, -0.25) is 14.9 Å². The smallest absolute Gasteiger partial charge is 0.338 e. The number of rotatable bonds is 4. The second-order valence-electron chi connectivity index (χ2n) is 7.78. The lowest BCUT2D eigenvalue weighted by Crippen LogP contribution is -2.40. The Morgan fingerprint density at radius 1 is 1.19 bits per heavy atom. The molecule has 0 aliphatic carbocycles. The van der Waals surface area contributed by atoms with E-state index in [0.29, 0.717) is 30.0 Å². The molecule has 1 aliphatic rings. The summed E-state index contributed by atoms with van der Waals surface area (Å²) in [5.74, 6) is 0.246. The largest absolute Gasteiger partial charge is 0.350 e. The highest BCUT2D eigenvalue weighted by Crippen LogP contribution is 2.28. The summed E-state index contributed by atoms with van der Waals surface area (Å²) in [6.07, 6.45) is 1.55. The first-order valence-electron chi connectivity index (χ1n) is 10.1. The van der Waals surface area contributed by atoms with Gasteiger partial charge in [0.1, 0.15) is 5.82 Å². The van der Waals surface area contributed by atoms with Gasteiger partial charge in [0, 0.05) is 43.2 Å². The average Bonchev–Trinajstić information content (AvgIpc) is 3.08. The molecule has 0 N–H and O–H groups in total. The molecule has 1 aliphatic heterocycles. The highest BCUT2D eigenvalue weighted by atomic mass is 16.6. The first-order valence-corrected chi connectivity index (χ1v) is 10.1. The third-order valence-electron chi connectivity index (χ3n) is 5.69. The number of hydrogen-bond acceptors (Lipinski definition) is 5. The summed E-state index contributed by atoms with van der Waals surface area (Å²) >= 11 is 0. The normalized spacial score (nSPS) is 16.3. The molecule has 1 fully saturated rings. The minimum atomic E-state index is -0.475. The van der Waals surface area contributed by atoms with E-state index in [9.17, 15) is 19.7 Å². The van der Waals surface area contributed by atoms with Gasteiger partial charge >= 0.3 is 5.69 Å². The van der Waals surface area contributed by atoms with Crippen LogP contribution in [0.3, 0.4) is 0 Å². The Kier molecular flexibility index (Phi) is 5.41. The van der Waals surface area contributed by atoms with Crippen LogP contribution in [0.25, 0.3) is 5.69 Å². The van der Waals surface area contributed by atoms with Gasteiger partial charge in [0.05, 0.1) is 10.6 Å². The zero-order chi connectivity index (χ0) is 22.1. The predicted octanol–water partition coefficient (Wildman–Crippen LogP) is 2.81. The Bertz CT molecular complexity index is 1200. The standard InChI is InChI=1S/C22H23N5O4/c1-15-10-11-16(13-19(15)27(30)31)21(28)25-12-6-7-17(14-25)20-23-24(2)22(29)26(20)18-8-4-3-5-9-18/h3-5,8-11,13,17H,6-7,12,14H2,1-2H3. The molecule has 0 saturated carbocycles. The number of amides is 1. The molecule has 0 radical (unpaired) electrons. The third-order valence-corrected chi connectivity index (χ3v) is 5.69. The lowest BCUT2D eigenvalue weighted by molar-refractivity contribution is -0.385. The molecular weight excluding hydrogens is 398 g/mol. The Hall–Kier alpha value is -3.75. The second-order valence-corrected chi connectivity index (χ2v) is 7.78. The van der Waals surface area contributed by atoms with Gasteiger partial charge in [-0.15, -0.1) is 0 Å². The van der Waals surface area contributed by atoms with Gasteiger partial charge in [0.2, 0.25) is 0 Å². The third kappa shape index (κ3) is 3.86. The highest BCUT2D eigenvalue weighted by molar-refractivity contribution is 5.95. The molecule has 160 valence electrons. The molecule has 9 heteroatoms. The van der Waals surface area contributed by atoms with Crippen molar-refractivity contribution in [1.29, 1.82) is 0 Å². The van der Waals surface area contributed by atoms with Crippen LogP contribution in [0.15, 0.2) is 53.3 Å². The molecule has 31 heavy (non-hydrogen) atoms. The number of nitro groups is 1. The van der Waals surface area contributed by atoms with Crippen molar-refractivity contribution in [2.45, 2.75) is 25.7 Å². The van der Waals surface area contributed by atoms with Crippen LogP contribution in [0.1, 0.15) is 40.5 Å². The number of nitrogens with zero attached hydrogens (tertiary/aromatic N) is 5. The van der Waals surface area contributed by atoms with Gasteiger partial charge in [-0.1, -0.05) is 24.3 Å². The summed E-state index contributed by atoms with van der Waals surface area (Å²) in [5, 5.41) is 15.7. The average molecular weight is 421 g/mol. The number of piperidine rings is 1. The molecule has 2 heterocycles. The minimum absolute atomic E-state index is 0.0675. The molecule has 1 atom stereocenters. The van der Waals surface area contributed by atoms with E-state index in [1.54, 1.807) is 35.6 Å². The molecule has 2 aromatic carbocycles. The molecule has 1 amide bonds. The molecule has 0 bridgehead atoms. The van der Waals surface area contributed by atoms with E-state index in [2.05, 4.69) is 5.10 Å². The molecule has 1 aromatic heterocycles. The number of likely N-dealkylation sites (tertiary alicyclic amines) is 1. The first kappa shape index (κ1) is 20.5. The van der Waals surface area contributed by atoms with E-state index >= 15 is 0 Å². The van der Waals surface area contributed by atoms with Crippen LogP contribution in [-0.2, 0) is 7.05 Å². The van der Waals surface area contributed by atoms with E-state index in [1.807, 2.05) is 30.3 Å². The topological polar surface area (TPSA) is 103 Å². The summed E-state index contributed by atoms with van der Waals surface area (Å²) in [5.41, 5.74) is 1.23. The zero-order valence-corrected chi connectivity index (χ0v) is 17.4. The molecule has 1 saturated heterocycles. The monoisotopic (exact) mass is 421 g/mol. The van der Waals surface area contributed by atoms with E-state index < -0.39 is 4.92 Å². The van der Waals surface area contributed by atoms with Crippen LogP contribution in [-0.4, -0.2) is 43.2 Å². The van der Waals surface area contributed by atoms with Gasteiger partial charge in [-0.25, -0.2) is 14.0 Å². The van der Waals surface area contributed by atoms with E-state index in [1.165, 1.54) is 10.7 Å². The predicted molar refractivity (Wildman–Crippen MR) is 115 cm³/mol. The zero-order valence-electron chi connectivity index (χ0n) is 17.4. The van der Waals surface area contributed by atoms with Crippen molar-refractivity contribution in [3.63, 3.8) is 0 Å². The molecule has 9 nitrogen and oxygen atoms in total. The summed E-state index contributed by atoms with van der Waals surface area (Å²) in [6.45, 7) is 2.59. The molecular formula is C22H23N5O4. The number of benzene rings is 2. The summed E-state index contributed by atoms with van der Waals surface area (Å²) in [7, 11) is 1.61. The van der Waals surface area contributed by atoms with Crippen LogP contribution in [0.4, 0.5) is 5.69 Å². The Morgan fingerprint density at radius 2 is 1.94 bits per heavy atom. The van der Waals surface area contributed by atoms with Crippen molar-refractivity contribution in [3.8, 4) is 5.69 Å². The SMILES string of the molecule is Cc1ccc(C(=O)N2CCCC(c3nn(C)c(=O)n3-c3ccccc3)C2)cc1[N+](=O)[O-]. The van der Waals surface area contributed by atoms with Crippen LogP contribution < -0.4 is 5.69 Å². The van der Waals surface area contributed by atoms with Crippen molar-refractivity contribution in [2.24, 2.45) is 7.05 Å². The van der Waals surface area contributed by atoms with Gasteiger partial charge in [-0.05, 0) is 38.0 Å². The fourth-order valence-corrected chi connectivity index (χ4v) is 4.06. The quantitative estimate of drug-likeness (QED) is 0.476. The number of aromatic nitrogens is 3. The van der Waals surface area contributed by atoms with Gasteiger partial charge < -0.3 is 4.90 Å². The van der Waals surface area contributed by atoms with Crippen LogP contribution in [0.5, 0.6) is 0 Å². The van der Waals surface area contributed by atoms with Crippen LogP contribution in [0.2, 0.25) is 0 Å². The second kappa shape index (κ2) is 8.17. The highest BCUT2D eigenvalue weighted by Gasteiger charge is 2.30. The van der Waals surface area contributed by atoms with E-state index in [4.69, 9.17) is 0 Å². The lowest BCUT2D eigenvalue weighted by atomic mass is 9.96. The molecule has 3 aromatic rings. The Balaban J connectivity index is 1.64. The number of nitro benzene ring substituents is 1. The van der Waals surface area contributed by atoms with Crippen LogP contribution >= 0.6 is 0 Å². The maximum Gasteiger partial charge on any atom is 0.350 e. The molecule has 4 rings (SSSR count). The lowest BCUT2D eigenvalue weighted by Gasteiger charge is -2.32. The van der Waals surface area contributed by atoms with E-state index in [0.717, 1.165) is 18.5 Å². The minimum Gasteiger partial charge on any atom is -0.338 e. The Labute approximate surface area is 178 Å². The van der Waals surface area contributed by atoms with E-state index in [-0.39, 0.29) is 23.2 Å². The Morgan fingerprint density at radius 3 is 2.65 bits per heavy atom. The van der Waals surface area contributed by atoms with Crippen LogP contribution in [0, 0.1) is 17.0 Å². The van der Waals surface area contributed by atoms with Crippen molar-refractivity contribution >= 4 is 11.6 Å². The number of aryl methyl sites for hydroxylation is 2. The van der Waals surface area contributed by atoms with Crippen molar-refractivity contribution in [2.75, 3.05) is 13.1 Å². The van der Waals surface area contributed by atoms with Gasteiger partial charge in [0.15, 0.2) is 0 Å². The fraction of sp³-hybridized carbons (Fsp3) is 0.318.